The van der Waals surface area contributed by atoms with Gasteiger partial charge in [0, 0.05) is 0 Å². The summed E-state index contributed by atoms with van der Waals surface area (Å²) < 4.78 is 0. The van der Waals surface area contributed by atoms with Gasteiger partial charge in [-0.2, -0.15) is 16.9 Å². The third-order valence-corrected chi connectivity index (χ3v) is 3.22. The summed E-state index contributed by atoms with van der Waals surface area (Å²) in [5, 5.41) is 20.7. The summed E-state index contributed by atoms with van der Waals surface area (Å²) in [6.07, 6.45) is 2.27. The van der Waals surface area contributed by atoms with E-state index in [0.717, 1.165) is 5.69 Å². The van der Waals surface area contributed by atoms with E-state index in [9.17, 15) is 9.59 Å². The number of urea groups is 1. The molecule has 1 atom stereocenters. The average Bonchev–Trinajstić information content (AvgIpc) is 2.66. The fraction of sp³-hybridized carbons (Fsp3) is 0.545. The van der Waals surface area contributed by atoms with Crippen LogP contribution >= 0.6 is 11.8 Å². The second-order valence-corrected chi connectivity index (χ2v) is 5.07. The van der Waals surface area contributed by atoms with Crippen LogP contribution in [-0.4, -0.2) is 45.4 Å². The Bertz CT molecular complexity index is 441. The van der Waals surface area contributed by atoms with Crippen molar-refractivity contribution in [1.82, 2.24) is 15.5 Å². The summed E-state index contributed by atoms with van der Waals surface area (Å²) in [4.78, 5) is 22.8. The van der Waals surface area contributed by atoms with Gasteiger partial charge in [0.2, 0.25) is 0 Å². The largest absolute Gasteiger partial charge is 0.480 e. The number of H-pyrrole nitrogens is 1. The standard InChI is InChI=1S/C11H18N4O3S/c1-6-9(7(2)15-14-6)13-11(18)12-8(10(16)17)4-5-19-3/h8H,4-5H2,1-3H3,(H,14,15)(H,16,17)(H2,12,13,18)/t8-/m0/s1. The van der Waals surface area contributed by atoms with Crippen molar-refractivity contribution in [3.63, 3.8) is 0 Å². The van der Waals surface area contributed by atoms with Crippen molar-refractivity contribution >= 4 is 29.4 Å². The molecule has 0 radical (unpaired) electrons. The van der Waals surface area contributed by atoms with E-state index in [1.54, 1.807) is 13.8 Å². The SMILES string of the molecule is CSCC[C@H](NC(=O)Nc1c(C)n[nH]c1C)C(=O)O. The first-order valence-corrected chi connectivity index (χ1v) is 7.16. The van der Waals surface area contributed by atoms with Crippen LogP contribution in [0.1, 0.15) is 17.8 Å². The van der Waals surface area contributed by atoms with E-state index < -0.39 is 18.0 Å². The zero-order chi connectivity index (χ0) is 14.4. The van der Waals surface area contributed by atoms with Crippen molar-refractivity contribution in [2.75, 3.05) is 17.3 Å². The molecule has 0 spiro atoms. The molecule has 0 saturated carbocycles. The highest BCUT2D eigenvalue weighted by molar-refractivity contribution is 7.98. The van der Waals surface area contributed by atoms with Gasteiger partial charge in [0.15, 0.2) is 0 Å². The monoisotopic (exact) mass is 286 g/mol. The predicted octanol–water partition coefficient (Wildman–Crippen LogP) is 1.35. The lowest BCUT2D eigenvalue weighted by Crippen LogP contribution is -2.43. The van der Waals surface area contributed by atoms with E-state index in [0.29, 0.717) is 23.6 Å². The Hall–Kier alpha value is -1.70. The van der Waals surface area contributed by atoms with E-state index >= 15 is 0 Å². The molecule has 1 aromatic heterocycles. The zero-order valence-corrected chi connectivity index (χ0v) is 11.9. The summed E-state index contributed by atoms with van der Waals surface area (Å²) in [5.41, 5.74) is 1.96. The van der Waals surface area contributed by atoms with E-state index in [1.807, 2.05) is 6.26 Å². The van der Waals surface area contributed by atoms with Gasteiger partial charge in [-0.25, -0.2) is 9.59 Å². The van der Waals surface area contributed by atoms with Crippen molar-refractivity contribution in [3.05, 3.63) is 11.4 Å². The quantitative estimate of drug-likeness (QED) is 0.631. The molecular formula is C11H18N4O3S. The Labute approximate surface area is 115 Å². The first-order chi connectivity index (χ1) is 8.95. The lowest BCUT2D eigenvalue weighted by molar-refractivity contribution is -0.139. The average molecular weight is 286 g/mol. The molecule has 8 heteroatoms. The molecule has 7 nitrogen and oxygen atoms in total. The van der Waals surface area contributed by atoms with E-state index in [1.165, 1.54) is 11.8 Å². The number of carbonyl (C=O) groups is 2. The molecule has 1 aromatic rings. The highest BCUT2D eigenvalue weighted by Gasteiger charge is 2.20. The number of nitrogens with one attached hydrogen (secondary N) is 3. The maximum absolute atomic E-state index is 11.8. The molecular weight excluding hydrogens is 268 g/mol. The smallest absolute Gasteiger partial charge is 0.326 e. The maximum Gasteiger partial charge on any atom is 0.326 e. The number of carboxylic acid groups (broad SMARTS) is 1. The molecule has 0 bridgehead atoms. The van der Waals surface area contributed by atoms with Crippen molar-refractivity contribution in [3.8, 4) is 0 Å². The third-order valence-electron chi connectivity index (χ3n) is 2.58. The van der Waals surface area contributed by atoms with Crippen LogP contribution in [0.5, 0.6) is 0 Å². The van der Waals surface area contributed by atoms with Crippen LogP contribution in [0.2, 0.25) is 0 Å². The Morgan fingerprint density at radius 2 is 2.16 bits per heavy atom. The molecule has 19 heavy (non-hydrogen) atoms. The molecule has 0 saturated heterocycles. The fourth-order valence-corrected chi connectivity index (χ4v) is 2.01. The Kier molecular flexibility index (Phi) is 5.68. The van der Waals surface area contributed by atoms with Crippen molar-refractivity contribution in [2.45, 2.75) is 26.3 Å². The Morgan fingerprint density at radius 3 is 2.63 bits per heavy atom. The lowest BCUT2D eigenvalue weighted by atomic mass is 10.2. The van der Waals surface area contributed by atoms with Crippen molar-refractivity contribution in [1.29, 1.82) is 0 Å². The van der Waals surface area contributed by atoms with Crippen LogP contribution in [0.3, 0.4) is 0 Å². The number of carbonyl (C=O) groups excluding carboxylic acids is 1. The highest BCUT2D eigenvalue weighted by Crippen LogP contribution is 2.15. The number of aromatic nitrogens is 2. The van der Waals surface area contributed by atoms with E-state index in [4.69, 9.17) is 5.11 Å². The first kappa shape index (κ1) is 15.4. The van der Waals surface area contributed by atoms with Crippen LogP contribution in [0.4, 0.5) is 10.5 Å². The van der Waals surface area contributed by atoms with Gasteiger partial charge in [0.05, 0.1) is 17.1 Å². The molecule has 1 heterocycles. The highest BCUT2D eigenvalue weighted by atomic mass is 32.2. The molecule has 0 aromatic carbocycles. The number of carboxylic acids is 1. The normalized spacial score (nSPS) is 11.9. The summed E-state index contributed by atoms with van der Waals surface area (Å²) >= 11 is 1.53. The zero-order valence-electron chi connectivity index (χ0n) is 11.1. The third kappa shape index (κ3) is 4.47. The van der Waals surface area contributed by atoms with Crippen molar-refractivity contribution in [2.24, 2.45) is 0 Å². The molecule has 4 N–H and O–H groups in total. The molecule has 106 valence electrons. The fourth-order valence-electron chi connectivity index (χ4n) is 1.54. The summed E-state index contributed by atoms with van der Waals surface area (Å²) in [6, 6.07) is -1.43. The number of rotatable bonds is 6. The predicted molar refractivity (Wildman–Crippen MR) is 74.6 cm³/mol. The Balaban J connectivity index is 2.60. The minimum absolute atomic E-state index is 0.382. The van der Waals surface area contributed by atoms with E-state index in [-0.39, 0.29) is 0 Å². The van der Waals surface area contributed by atoms with E-state index in [2.05, 4.69) is 20.8 Å². The summed E-state index contributed by atoms with van der Waals surface area (Å²) in [6.45, 7) is 3.53. The molecule has 1 rings (SSSR count). The number of hydrogen-bond acceptors (Lipinski definition) is 4. The van der Waals surface area contributed by atoms with Crippen molar-refractivity contribution < 1.29 is 14.7 Å². The second-order valence-electron chi connectivity index (χ2n) is 4.08. The summed E-state index contributed by atoms with van der Waals surface area (Å²) in [7, 11) is 0. The minimum Gasteiger partial charge on any atom is -0.480 e. The summed E-state index contributed by atoms with van der Waals surface area (Å²) in [5.74, 6) is -0.370. The number of aryl methyl sites for hydroxylation is 2. The number of anilines is 1. The van der Waals surface area contributed by atoms with Crippen LogP contribution < -0.4 is 10.6 Å². The van der Waals surface area contributed by atoms with Gasteiger partial charge in [-0.05, 0) is 32.3 Å². The lowest BCUT2D eigenvalue weighted by Gasteiger charge is -2.14. The number of thioether (sulfide) groups is 1. The van der Waals surface area contributed by atoms with Gasteiger partial charge in [0.25, 0.3) is 0 Å². The van der Waals surface area contributed by atoms with Gasteiger partial charge in [-0.15, -0.1) is 0 Å². The van der Waals surface area contributed by atoms with Crippen LogP contribution in [-0.2, 0) is 4.79 Å². The van der Waals surface area contributed by atoms with Crippen LogP contribution in [0, 0.1) is 13.8 Å². The number of amides is 2. The van der Waals surface area contributed by atoms with Gasteiger partial charge >= 0.3 is 12.0 Å². The van der Waals surface area contributed by atoms with Gasteiger partial charge in [-0.3, -0.25) is 5.10 Å². The van der Waals surface area contributed by atoms with Gasteiger partial charge in [-0.1, -0.05) is 0 Å². The number of aromatic amines is 1. The van der Waals surface area contributed by atoms with Gasteiger partial charge in [0.1, 0.15) is 6.04 Å². The Morgan fingerprint density at radius 1 is 1.47 bits per heavy atom. The molecule has 0 aliphatic rings. The molecule has 0 unspecified atom stereocenters. The van der Waals surface area contributed by atoms with Crippen LogP contribution in [0.15, 0.2) is 0 Å². The number of nitrogens with zero attached hydrogens (tertiary/aromatic N) is 1. The second kappa shape index (κ2) is 7.03. The first-order valence-electron chi connectivity index (χ1n) is 5.76. The molecule has 0 aliphatic heterocycles. The van der Waals surface area contributed by atoms with Crippen LogP contribution in [0.25, 0.3) is 0 Å². The molecule has 0 fully saturated rings. The number of aliphatic carboxylic acids is 1. The number of hydrogen-bond donors (Lipinski definition) is 4. The topological polar surface area (TPSA) is 107 Å². The maximum atomic E-state index is 11.8. The molecule has 0 aliphatic carbocycles. The minimum atomic E-state index is -1.04. The molecule has 2 amide bonds. The van der Waals surface area contributed by atoms with Gasteiger partial charge < -0.3 is 15.7 Å².